The van der Waals surface area contributed by atoms with Gasteiger partial charge in [-0.05, 0) is 37.4 Å². The molecule has 0 saturated carbocycles. The first-order valence-electron chi connectivity index (χ1n) is 9.06. The molecule has 2 amide bonds. The van der Waals surface area contributed by atoms with Gasteiger partial charge in [0, 0.05) is 10.1 Å². The van der Waals surface area contributed by atoms with Crippen LogP contribution >= 0.6 is 11.3 Å². The molecule has 2 heterocycles. The quantitative estimate of drug-likeness (QED) is 0.511. The Bertz CT molecular complexity index is 1270. The molecule has 0 radical (unpaired) electrons. The molecular weight excluding hydrogens is 388 g/mol. The van der Waals surface area contributed by atoms with Crippen molar-refractivity contribution >= 4 is 44.0 Å². The fourth-order valence-electron chi connectivity index (χ4n) is 3.05. The van der Waals surface area contributed by atoms with Crippen LogP contribution in [0.2, 0.25) is 0 Å². The van der Waals surface area contributed by atoms with Crippen molar-refractivity contribution in [2.75, 3.05) is 0 Å². The van der Waals surface area contributed by atoms with Crippen LogP contribution in [0.1, 0.15) is 40.0 Å². The number of nitrogens with one attached hydrogen (secondary N) is 2. The number of fused-ring (bicyclic) bond motifs is 2. The number of benzene rings is 2. The number of aromatic nitrogens is 2. The molecule has 0 fully saturated rings. The summed E-state index contributed by atoms with van der Waals surface area (Å²) < 4.78 is 2.26. The minimum absolute atomic E-state index is 0.0746. The van der Waals surface area contributed by atoms with Gasteiger partial charge in [-0.3, -0.25) is 25.2 Å². The zero-order valence-electron chi connectivity index (χ0n) is 15.8. The normalized spacial score (nSPS) is 11.1. The Kier molecular flexibility index (Phi) is 4.85. The highest BCUT2D eigenvalue weighted by molar-refractivity contribution is 7.20. The van der Waals surface area contributed by atoms with Crippen LogP contribution in [0, 0.1) is 0 Å². The van der Waals surface area contributed by atoms with Gasteiger partial charge in [0.2, 0.25) is 0 Å². The molecule has 0 aliphatic rings. The van der Waals surface area contributed by atoms with Crippen LogP contribution in [0.25, 0.3) is 20.9 Å². The Hall–Kier alpha value is -3.52. The number of hydrazine groups is 1. The summed E-state index contributed by atoms with van der Waals surface area (Å²) in [6.45, 7) is 3.63. The monoisotopic (exact) mass is 406 g/mol. The van der Waals surface area contributed by atoms with Crippen LogP contribution in [0.15, 0.2) is 59.4 Å². The zero-order chi connectivity index (χ0) is 20.5. The summed E-state index contributed by atoms with van der Waals surface area (Å²) in [4.78, 5) is 38.3. The fourth-order valence-corrected chi connectivity index (χ4v) is 4.01. The molecule has 0 bridgehead atoms. The van der Waals surface area contributed by atoms with Crippen molar-refractivity contribution in [2.45, 2.75) is 19.9 Å². The lowest BCUT2D eigenvalue weighted by atomic mass is 10.1. The Morgan fingerprint density at radius 3 is 2.34 bits per heavy atom. The highest BCUT2D eigenvalue weighted by Crippen LogP contribution is 2.25. The predicted molar refractivity (Wildman–Crippen MR) is 113 cm³/mol. The lowest BCUT2D eigenvalue weighted by Gasteiger charge is -2.13. The molecule has 4 rings (SSSR count). The Balaban J connectivity index is 1.61. The average Bonchev–Trinajstić information content (AvgIpc) is 3.16. The van der Waals surface area contributed by atoms with Crippen LogP contribution in [0.3, 0.4) is 0 Å². The maximum atomic E-state index is 12.8. The van der Waals surface area contributed by atoms with Crippen LogP contribution in [0.5, 0.6) is 0 Å². The topological polar surface area (TPSA) is 93.1 Å². The minimum atomic E-state index is -0.593. The summed E-state index contributed by atoms with van der Waals surface area (Å²) in [6.07, 6.45) is 0. The largest absolute Gasteiger partial charge is 0.290 e. The van der Waals surface area contributed by atoms with Crippen molar-refractivity contribution in [1.82, 2.24) is 20.6 Å². The molecule has 2 N–H and O–H groups in total. The van der Waals surface area contributed by atoms with Gasteiger partial charge < -0.3 is 0 Å². The second-order valence-corrected chi connectivity index (χ2v) is 7.88. The number of rotatable bonds is 3. The summed E-state index contributed by atoms with van der Waals surface area (Å²) in [7, 11) is 0. The van der Waals surface area contributed by atoms with Crippen LogP contribution in [-0.4, -0.2) is 21.6 Å². The van der Waals surface area contributed by atoms with Gasteiger partial charge in [-0.1, -0.05) is 36.4 Å². The zero-order valence-corrected chi connectivity index (χ0v) is 16.6. The van der Waals surface area contributed by atoms with Gasteiger partial charge in [-0.15, -0.1) is 11.3 Å². The molecule has 7 nitrogen and oxygen atoms in total. The van der Waals surface area contributed by atoms with Crippen molar-refractivity contribution in [3.05, 3.63) is 75.5 Å². The average molecular weight is 406 g/mol. The van der Waals surface area contributed by atoms with E-state index in [1.165, 1.54) is 16.0 Å². The molecule has 0 atom stereocenters. The number of carbonyl (C=O) groups excluding carboxylic acids is 2. The van der Waals surface area contributed by atoms with E-state index in [4.69, 9.17) is 0 Å². The lowest BCUT2D eigenvalue weighted by Crippen LogP contribution is -2.42. The highest BCUT2D eigenvalue weighted by atomic mass is 32.1. The van der Waals surface area contributed by atoms with Crippen LogP contribution in [-0.2, 0) is 0 Å². The Morgan fingerprint density at radius 1 is 0.966 bits per heavy atom. The third-order valence-electron chi connectivity index (χ3n) is 4.47. The van der Waals surface area contributed by atoms with E-state index in [-0.39, 0.29) is 17.3 Å². The summed E-state index contributed by atoms with van der Waals surface area (Å²) in [5.41, 5.74) is 4.65. The van der Waals surface area contributed by atoms with Gasteiger partial charge >= 0.3 is 0 Å². The summed E-state index contributed by atoms with van der Waals surface area (Å²) in [5.74, 6) is -1.01. The molecule has 0 aliphatic heterocycles. The smallest absolute Gasteiger partial charge is 0.267 e. The van der Waals surface area contributed by atoms with E-state index >= 15 is 0 Å². The molecule has 146 valence electrons. The first-order chi connectivity index (χ1) is 14.0. The number of hydrogen-bond acceptors (Lipinski definition) is 5. The molecule has 4 aromatic rings. The molecule has 0 unspecified atom stereocenters. The maximum absolute atomic E-state index is 12.8. The van der Waals surface area contributed by atoms with E-state index in [0.717, 1.165) is 10.1 Å². The number of nitrogens with zero attached hydrogens (tertiary/aromatic N) is 2. The molecule has 2 aromatic heterocycles. The van der Waals surface area contributed by atoms with Gasteiger partial charge in [0.15, 0.2) is 5.69 Å². The highest BCUT2D eigenvalue weighted by Gasteiger charge is 2.19. The molecule has 8 heteroatoms. The number of carbonyl (C=O) groups is 2. The van der Waals surface area contributed by atoms with E-state index < -0.39 is 11.8 Å². The number of thiophene rings is 1. The Morgan fingerprint density at radius 2 is 1.62 bits per heavy atom. The standard InChI is InChI=1S/C21H18N4O3S/c1-12(2)25-21(28)15-9-5-4-8-14(15)18(24-25)20(27)23-22-19(26)17-11-13-7-3-6-10-16(13)29-17/h3-12H,1-2H3,(H,22,26)(H,23,27). The first kappa shape index (κ1) is 18.8. The third-order valence-corrected chi connectivity index (χ3v) is 5.59. The predicted octanol–water partition coefficient (Wildman–Crippen LogP) is 3.27. The summed E-state index contributed by atoms with van der Waals surface area (Å²) in [5, 5.41) is 6.03. The summed E-state index contributed by atoms with van der Waals surface area (Å²) in [6, 6.07) is 16.0. The van der Waals surface area contributed by atoms with E-state index in [1.54, 1.807) is 30.3 Å². The summed E-state index contributed by atoms with van der Waals surface area (Å²) >= 11 is 1.34. The first-order valence-corrected chi connectivity index (χ1v) is 9.88. The van der Waals surface area contributed by atoms with Crippen LogP contribution < -0.4 is 16.4 Å². The van der Waals surface area contributed by atoms with Crippen molar-refractivity contribution in [2.24, 2.45) is 0 Å². The maximum Gasteiger partial charge on any atom is 0.290 e. The lowest BCUT2D eigenvalue weighted by molar-refractivity contribution is 0.0845. The minimum Gasteiger partial charge on any atom is -0.267 e. The second kappa shape index (κ2) is 7.48. The van der Waals surface area contributed by atoms with Crippen molar-refractivity contribution in [3.63, 3.8) is 0 Å². The van der Waals surface area contributed by atoms with Gasteiger partial charge in [-0.25, -0.2) is 4.68 Å². The Labute approximate surface area is 169 Å². The molecule has 0 saturated heterocycles. The van der Waals surface area contributed by atoms with Crippen molar-refractivity contribution < 1.29 is 9.59 Å². The van der Waals surface area contributed by atoms with Crippen LogP contribution in [0.4, 0.5) is 0 Å². The number of hydrogen-bond donors (Lipinski definition) is 2. The van der Waals surface area contributed by atoms with Gasteiger partial charge in [-0.2, -0.15) is 5.10 Å². The van der Waals surface area contributed by atoms with E-state index in [2.05, 4.69) is 16.0 Å². The molecule has 2 aromatic carbocycles. The van der Waals surface area contributed by atoms with Crippen molar-refractivity contribution in [1.29, 1.82) is 0 Å². The van der Waals surface area contributed by atoms with Crippen molar-refractivity contribution in [3.8, 4) is 0 Å². The van der Waals surface area contributed by atoms with Gasteiger partial charge in [0.1, 0.15) is 0 Å². The van der Waals surface area contributed by atoms with Gasteiger partial charge in [0.25, 0.3) is 17.4 Å². The van der Waals surface area contributed by atoms with Gasteiger partial charge in [0.05, 0.1) is 16.3 Å². The number of amides is 2. The SMILES string of the molecule is CC(C)n1nc(C(=O)NNC(=O)c2cc3ccccc3s2)c2ccccc2c1=O. The van der Waals surface area contributed by atoms with E-state index in [9.17, 15) is 14.4 Å². The fraction of sp³-hybridized carbons (Fsp3) is 0.143. The molecule has 0 spiro atoms. The van der Waals surface area contributed by atoms with E-state index in [1.807, 2.05) is 38.1 Å². The molecule has 29 heavy (non-hydrogen) atoms. The molecule has 0 aliphatic carbocycles. The molecular formula is C21H18N4O3S. The second-order valence-electron chi connectivity index (χ2n) is 6.79. The third kappa shape index (κ3) is 3.50. The van der Waals surface area contributed by atoms with E-state index in [0.29, 0.717) is 15.6 Å².